The molecule has 1 rings (SSSR count). The summed E-state index contributed by atoms with van der Waals surface area (Å²) in [5, 5.41) is 17.6. The molecule has 0 heterocycles. The van der Waals surface area contributed by atoms with E-state index in [-0.39, 0.29) is 37.0 Å². The Morgan fingerprint density at radius 3 is 2.33 bits per heavy atom. The van der Waals surface area contributed by atoms with Crippen LogP contribution >= 0.6 is 12.4 Å². The number of hydrogen-bond acceptors (Lipinski definition) is 4. The van der Waals surface area contributed by atoms with E-state index in [1.807, 2.05) is 0 Å². The highest BCUT2D eigenvalue weighted by Crippen LogP contribution is 2.11. The molecule has 0 spiro atoms. The Hall–Kier alpha value is -1.10. The zero-order chi connectivity index (χ0) is 10.6. The van der Waals surface area contributed by atoms with Gasteiger partial charge in [-0.05, 0) is 24.3 Å². The molecular weight excluding hydrogens is 218 g/mol. The minimum absolute atomic E-state index is 0. The number of ketones is 1. The van der Waals surface area contributed by atoms with Crippen molar-refractivity contribution in [1.29, 1.82) is 0 Å². The number of aliphatic hydroxyl groups is 1. The minimum atomic E-state index is -0.517. The molecule has 0 aliphatic carbocycles. The zero-order valence-electron chi connectivity index (χ0n) is 8.09. The van der Waals surface area contributed by atoms with Crippen LogP contribution in [0.1, 0.15) is 16.8 Å². The van der Waals surface area contributed by atoms with E-state index in [4.69, 9.17) is 15.9 Å². The van der Waals surface area contributed by atoms with Gasteiger partial charge in [-0.2, -0.15) is 0 Å². The molecule has 0 aromatic heterocycles. The van der Waals surface area contributed by atoms with E-state index in [1.165, 1.54) is 24.3 Å². The van der Waals surface area contributed by atoms with E-state index >= 15 is 0 Å². The third kappa shape index (κ3) is 4.29. The quantitative estimate of drug-likeness (QED) is 0.667. The van der Waals surface area contributed by atoms with Crippen LogP contribution in [0.4, 0.5) is 0 Å². The number of nitrogens with two attached hydrogens (primary N) is 1. The highest BCUT2D eigenvalue weighted by Gasteiger charge is 2.10. The lowest BCUT2D eigenvalue weighted by molar-refractivity contribution is 0.0961. The number of phenolic OH excluding ortho intramolecular Hbond substituents is 1. The van der Waals surface area contributed by atoms with Gasteiger partial charge in [-0.1, -0.05) is 0 Å². The first-order valence-corrected chi connectivity index (χ1v) is 4.32. The van der Waals surface area contributed by atoms with Crippen molar-refractivity contribution in [3.05, 3.63) is 29.8 Å². The van der Waals surface area contributed by atoms with Crippen molar-refractivity contribution >= 4 is 18.2 Å². The average Bonchev–Trinajstić information content (AvgIpc) is 2.18. The lowest BCUT2D eigenvalue weighted by atomic mass is 10.0. The van der Waals surface area contributed by atoms with E-state index in [0.29, 0.717) is 5.56 Å². The molecule has 0 amide bonds. The molecule has 15 heavy (non-hydrogen) atoms. The first-order chi connectivity index (χ1) is 6.63. The van der Waals surface area contributed by atoms with Crippen molar-refractivity contribution in [3.63, 3.8) is 0 Å². The number of hydrogen-bond donors (Lipinski definition) is 3. The van der Waals surface area contributed by atoms with Crippen molar-refractivity contribution in [3.8, 4) is 5.75 Å². The Labute approximate surface area is 94.1 Å². The highest BCUT2D eigenvalue weighted by atomic mass is 35.5. The Morgan fingerprint density at radius 2 is 1.87 bits per heavy atom. The summed E-state index contributed by atoms with van der Waals surface area (Å²) in [6.45, 7) is -0.205. The lowest BCUT2D eigenvalue weighted by Crippen LogP contribution is -2.27. The van der Waals surface area contributed by atoms with Gasteiger partial charge in [0.25, 0.3) is 0 Å². The molecule has 0 radical (unpaired) electrons. The van der Waals surface area contributed by atoms with Gasteiger partial charge in [0.1, 0.15) is 5.75 Å². The summed E-state index contributed by atoms with van der Waals surface area (Å²) < 4.78 is 0. The molecule has 1 aromatic carbocycles. The molecule has 4 N–H and O–H groups in total. The largest absolute Gasteiger partial charge is 0.508 e. The SMILES string of the molecule is Cl.NC(CO)CC(=O)c1ccc(O)cc1. The summed E-state index contributed by atoms with van der Waals surface area (Å²) in [6.07, 6.45) is 0.112. The summed E-state index contributed by atoms with van der Waals surface area (Å²) >= 11 is 0. The second-order valence-electron chi connectivity index (χ2n) is 3.12. The molecule has 4 nitrogen and oxygen atoms in total. The molecule has 0 saturated carbocycles. The van der Waals surface area contributed by atoms with E-state index in [0.717, 1.165) is 0 Å². The first kappa shape index (κ1) is 13.9. The number of phenols is 1. The van der Waals surface area contributed by atoms with Gasteiger partial charge in [0.15, 0.2) is 5.78 Å². The second-order valence-corrected chi connectivity index (χ2v) is 3.12. The molecular formula is C10H14ClNO3. The molecule has 0 aliphatic heterocycles. The smallest absolute Gasteiger partial charge is 0.164 e. The van der Waals surface area contributed by atoms with Crippen molar-refractivity contribution in [2.24, 2.45) is 5.73 Å². The van der Waals surface area contributed by atoms with E-state index in [9.17, 15) is 4.79 Å². The molecule has 1 atom stereocenters. The number of aromatic hydroxyl groups is 1. The van der Waals surface area contributed by atoms with Gasteiger partial charge in [-0.3, -0.25) is 4.79 Å². The third-order valence-electron chi connectivity index (χ3n) is 1.87. The molecule has 84 valence electrons. The van der Waals surface area contributed by atoms with Crippen molar-refractivity contribution < 1.29 is 15.0 Å². The first-order valence-electron chi connectivity index (χ1n) is 4.32. The van der Waals surface area contributed by atoms with Crippen LogP contribution in [0, 0.1) is 0 Å². The number of halogens is 1. The number of Topliss-reactive ketones (excluding diaryl/α,β-unsaturated/α-hetero) is 1. The summed E-state index contributed by atoms with van der Waals surface area (Å²) in [6, 6.07) is 5.43. The number of carbonyl (C=O) groups is 1. The topological polar surface area (TPSA) is 83.5 Å². The minimum Gasteiger partial charge on any atom is -0.508 e. The van der Waals surface area contributed by atoms with Gasteiger partial charge in [-0.15, -0.1) is 12.4 Å². The monoisotopic (exact) mass is 231 g/mol. The molecule has 5 heteroatoms. The molecule has 0 fully saturated rings. The summed E-state index contributed by atoms with van der Waals surface area (Å²) in [4.78, 5) is 11.5. The van der Waals surface area contributed by atoms with Gasteiger partial charge in [0.05, 0.1) is 6.61 Å². The van der Waals surface area contributed by atoms with Crippen LogP contribution in [0.5, 0.6) is 5.75 Å². The van der Waals surface area contributed by atoms with Crippen LogP contribution in [0.3, 0.4) is 0 Å². The molecule has 0 saturated heterocycles. The van der Waals surface area contributed by atoms with Crippen LogP contribution in [0.15, 0.2) is 24.3 Å². The van der Waals surface area contributed by atoms with E-state index in [2.05, 4.69) is 0 Å². The van der Waals surface area contributed by atoms with Crippen LogP contribution in [0.25, 0.3) is 0 Å². The second kappa shape index (κ2) is 6.40. The maximum absolute atomic E-state index is 11.5. The van der Waals surface area contributed by atoms with Gasteiger partial charge >= 0.3 is 0 Å². The summed E-state index contributed by atoms with van der Waals surface area (Å²) in [5.74, 6) is -0.0143. The molecule has 1 unspecified atom stereocenters. The Balaban J connectivity index is 0.00000196. The molecule has 0 bridgehead atoms. The van der Waals surface area contributed by atoms with E-state index < -0.39 is 6.04 Å². The van der Waals surface area contributed by atoms with Gasteiger partial charge in [0.2, 0.25) is 0 Å². The predicted molar refractivity (Wildman–Crippen MR) is 59.4 cm³/mol. The number of aliphatic hydroxyl groups excluding tert-OH is 1. The zero-order valence-corrected chi connectivity index (χ0v) is 8.91. The van der Waals surface area contributed by atoms with Gasteiger partial charge in [-0.25, -0.2) is 0 Å². The van der Waals surface area contributed by atoms with E-state index in [1.54, 1.807) is 0 Å². The molecule has 1 aromatic rings. The maximum Gasteiger partial charge on any atom is 0.164 e. The van der Waals surface area contributed by atoms with Gasteiger partial charge in [0, 0.05) is 18.0 Å². The number of benzene rings is 1. The maximum atomic E-state index is 11.5. The van der Waals surface area contributed by atoms with Crippen LogP contribution < -0.4 is 5.73 Å². The fourth-order valence-electron chi connectivity index (χ4n) is 1.07. The standard InChI is InChI=1S/C10H13NO3.ClH/c11-8(6-12)5-10(14)7-1-3-9(13)4-2-7;/h1-4,8,12-13H,5-6,11H2;1H. The fraction of sp³-hybridized carbons (Fsp3) is 0.300. The Morgan fingerprint density at radius 1 is 1.33 bits per heavy atom. The molecule has 0 aliphatic rings. The lowest BCUT2D eigenvalue weighted by Gasteiger charge is -2.06. The van der Waals surface area contributed by atoms with Crippen LogP contribution in [-0.4, -0.2) is 28.6 Å². The van der Waals surface area contributed by atoms with Crippen molar-refractivity contribution in [1.82, 2.24) is 0 Å². The Kier molecular flexibility index (Phi) is 5.93. The van der Waals surface area contributed by atoms with Gasteiger partial charge < -0.3 is 15.9 Å². The van der Waals surface area contributed by atoms with Crippen molar-refractivity contribution in [2.45, 2.75) is 12.5 Å². The fourth-order valence-corrected chi connectivity index (χ4v) is 1.07. The predicted octanol–water partition coefficient (Wildman–Crippen LogP) is 0.706. The highest BCUT2D eigenvalue weighted by molar-refractivity contribution is 5.96. The number of carbonyl (C=O) groups excluding carboxylic acids is 1. The van der Waals surface area contributed by atoms with Crippen LogP contribution in [-0.2, 0) is 0 Å². The number of rotatable bonds is 4. The third-order valence-corrected chi connectivity index (χ3v) is 1.87. The average molecular weight is 232 g/mol. The Bertz CT molecular complexity index is 313. The van der Waals surface area contributed by atoms with Crippen molar-refractivity contribution in [2.75, 3.05) is 6.61 Å². The van der Waals surface area contributed by atoms with Crippen LogP contribution in [0.2, 0.25) is 0 Å². The normalized spacial score (nSPS) is 11.6. The summed E-state index contributed by atoms with van der Waals surface area (Å²) in [5.41, 5.74) is 5.91. The summed E-state index contributed by atoms with van der Waals surface area (Å²) in [7, 11) is 0.